The number of hydrogen-bond acceptors (Lipinski definition) is 3. The second-order valence-electron chi connectivity index (χ2n) is 16.1. The Labute approximate surface area is 339 Å². The van der Waals surface area contributed by atoms with Crippen LogP contribution in [-0.2, 0) is 0 Å². The zero-order chi connectivity index (χ0) is 40.4. The number of aliphatic imine (C=N–C) groups is 2. The molecule has 5 heterocycles. The molecule has 0 amide bonds. The number of nitrogens with zero attached hydrogens (tertiary/aromatic N) is 2. The summed E-state index contributed by atoms with van der Waals surface area (Å²) in [7, 11) is 0. The Morgan fingerprint density at radius 1 is 0.431 bits per heavy atom. The predicted molar refractivity (Wildman–Crippen MR) is 241 cm³/mol. The summed E-state index contributed by atoms with van der Waals surface area (Å²) in [5, 5.41) is 1.88. The third kappa shape index (κ3) is 6.33. The van der Waals surface area contributed by atoms with Crippen LogP contribution in [-0.4, -0.2) is 21.4 Å². The van der Waals surface area contributed by atoms with Crippen molar-refractivity contribution in [1.29, 1.82) is 0 Å². The third-order valence-electron chi connectivity index (χ3n) is 11.5. The van der Waals surface area contributed by atoms with Gasteiger partial charge in [0.1, 0.15) is 0 Å². The highest BCUT2D eigenvalue weighted by Crippen LogP contribution is 2.38. The lowest BCUT2D eigenvalue weighted by Crippen LogP contribution is -2.21. The van der Waals surface area contributed by atoms with E-state index in [1.807, 2.05) is 12.4 Å². The van der Waals surface area contributed by atoms with Crippen LogP contribution >= 0.6 is 0 Å². The molecular weight excluding hydrogens is 709 g/mol. The number of aromatic amines is 2. The Bertz CT molecular complexity index is 2860. The van der Waals surface area contributed by atoms with Gasteiger partial charge in [-0.05, 0) is 136 Å². The van der Waals surface area contributed by atoms with Crippen molar-refractivity contribution in [3.05, 3.63) is 232 Å². The molecule has 0 fully saturated rings. The van der Waals surface area contributed by atoms with Gasteiger partial charge in [-0.15, -0.1) is 0 Å². The molecule has 9 rings (SSSR count). The van der Waals surface area contributed by atoms with Gasteiger partial charge in [0.2, 0.25) is 0 Å². The average Bonchev–Trinajstić information content (AvgIpc) is 3.97. The molecule has 3 aliphatic rings. The first-order valence-corrected chi connectivity index (χ1v) is 19.9. The number of pyridine rings is 1. The van der Waals surface area contributed by atoms with Crippen LogP contribution in [0.5, 0.6) is 0 Å². The van der Waals surface area contributed by atoms with Crippen LogP contribution in [0.15, 0.2) is 148 Å². The van der Waals surface area contributed by atoms with Gasteiger partial charge in [-0.3, -0.25) is 4.79 Å². The summed E-state index contributed by atoms with van der Waals surface area (Å²) < 4.78 is 0. The topological polar surface area (TPSA) is 73.4 Å². The number of hydrogen-bond donors (Lipinski definition) is 2. The molecule has 0 unspecified atom stereocenters. The van der Waals surface area contributed by atoms with Gasteiger partial charge in [-0.2, -0.15) is 0 Å². The molecule has 0 saturated heterocycles. The lowest BCUT2D eigenvalue weighted by atomic mass is 9.85. The number of allylic oxidation sites excluding steroid dienone is 4. The number of nitrogens with one attached hydrogen (secondary N) is 2. The van der Waals surface area contributed by atoms with Crippen LogP contribution in [0.3, 0.4) is 0 Å². The minimum atomic E-state index is -0.0821. The largest absolute Gasteiger partial charge is 0.366 e. The SMILES string of the molecule is Cc1ccc(C2=c3ccc([nH]3)=C(c3ccc(C)cc3)C3=NC(=C(c4c(C)cc(C)cc4C)c4c[nH]cc(c4=O)C(c4c(C)cc(C)cc4C)=C4C=CC2=N4)C=C3)cc1. The van der Waals surface area contributed by atoms with E-state index in [1.165, 1.54) is 22.3 Å². The Balaban J connectivity index is 1.48. The smallest absolute Gasteiger partial charge is 0.197 e. The van der Waals surface area contributed by atoms with Crippen molar-refractivity contribution in [2.24, 2.45) is 9.98 Å². The van der Waals surface area contributed by atoms with E-state index in [1.54, 1.807) is 0 Å². The molecule has 0 saturated carbocycles. The Morgan fingerprint density at radius 3 is 1.19 bits per heavy atom. The zero-order valence-electron chi connectivity index (χ0n) is 34.3. The minimum Gasteiger partial charge on any atom is -0.366 e. The monoisotopic (exact) mass is 754 g/mol. The molecule has 0 spiro atoms. The van der Waals surface area contributed by atoms with Crippen LogP contribution in [0.2, 0.25) is 0 Å². The molecule has 0 radical (unpaired) electrons. The van der Waals surface area contributed by atoms with E-state index >= 15 is 4.79 Å². The quantitative estimate of drug-likeness (QED) is 0.185. The number of H-pyrrole nitrogens is 2. The van der Waals surface area contributed by atoms with Gasteiger partial charge in [-0.1, -0.05) is 95.1 Å². The van der Waals surface area contributed by atoms with Crippen molar-refractivity contribution in [2.45, 2.75) is 55.4 Å². The second kappa shape index (κ2) is 14.3. The minimum absolute atomic E-state index is 0.0821. The second-order valence-corrected chi connectivity index (χ2v) is 16.1. The van der Waals surface area contributed by atoms with Crippen LogP contribution in [0.1, 0.15) is 77.9 Å². The number of rotatable bonds is 4. The highest BCUT2D eigenvalue weighted by atomic mass is 16.1. The van der Waals surface area contributed by atoms with Gasteiger partial charge in [0.05, 0.1) is 22.8 Å². The molecule has 284 valence electrons. The first-order chi connectivity index (χ1) is 27.9. The van der Waals surface area contributed by atoms with E-state index in [2.05, 4.69) is 175 Å². The summed E-state index contributed by atoms with van der Waals surface area (Å²) in [4.78, 5) is 33.7. The standard InChI is InChI=1S/C53H46N4O/c1-29-9-13-37(14-10-29)49-41-17-18-42(55-41)50(38-15-11-30(2)12-16-38)44-20-22-46(57-44)52(48-35(7)25-32(4)26-36(48)8)40-28-54-27-39(53(40)58)51(45-21-19-43(49)56-45)47-33(5)23-31(3)24-34(47)6/h9-28,55H,1-8H3,(H,54,58). The Hall–Kier alpha value is -6.85. The number of aromatic nitrogens is 2. The molecule has 58 heavy (non-hydrogen) atoms. The predicted octanol–water partition coefficient (Wildman–Crippen LogP) is 9.82. The Morgan fingerprint density at radius 2 is 0.810 bits per heavy atom. The average molecular weight is 755 g/mol. The highest BCUT2D eigenvalue weighted by Gasteiger charge is 2.27. The van der Waals surface area contributed by atoms with Crippen molar-refractivity contribution >= 4 is 33.7 Å². The Kier molecular flexibility index (Phi) is 9.04. The molecule has 6 aromatic rings. The normalized spacial score (nSPS) is 14.8. The van der Waals surface area contributed by atoms with E-state index in [0.29, 0.717) is 11.1 Å². The highest BCUT2D eigenvalue weighted by molar-refractivity contribution is 6.31. The van der Waals surface area contributed by atoms with Gasteiger partial charge in [0.15, 0.2) is 5.43 Å². The lowest BCUT2D eigenvalue weighted by Gasteiger charge is -2.19. The first-order valence-electron chi connectivity index (χ1n) is 19.9. The fourth-order valence-electron chi connectivity index (χ4n) is 9.10. The molecule has 3 aliphatic heterocycles. The van der Waals surface area contributed by atoms with Crippen LogP contribution < -0.4 is 16.1 Å². The zero-order valence-corrected chi connectivity index (χ0v) is 34.3. The van der Waals surface area contributed by atoms with Gasteiger partial charge in [-0.25, -0.2) is 9.98 Å². The molecule has 4 aromatic carbocycles. The number of fused-ring (bicyclic) bond motifs is 6. The molecule has 2 aromatic heterocycles. The summed E-state index contributed by atoms with van der Waals surface area (Å²) in [5.41, 5.74) is 20.8. The molecule has 2 N–H and O–H groups in total. The van der Waals surface area contributed by atoms with E-state index in [4.69, 9.17) is 9.98 Å². The van der Waals surface area contributed by atoms with Gasteiger partial charge in [0.25, 0.3) is 0 Å². The lowest BCUT2D eigenvalue weighted by molar-refractivity contribution is 1.21. The summed E-state index contributed by atoms with van der Waals surface area (Å²) >= 11 is 0. The van der Waals surface area contributed by atoms with E-state index in [0.717, 1.165) is 100 Å². The number of benzene rings is 4. The van der Waals surface area contributed by atoms with Crippen LogP contribution in [0, 0.1) is 55.4 Å². The van der Waals surface area contributed by atoms with Gasteiger partial charge >= 0.3 is 0 Å². The van der Waals surface area contributed by atoms with Crippen LogP contribution in [0.4, 0.5) is 0 Å². The molecule has 5 heteroatoms. The van der Waals surface area contributed by atoms with Crippen LogP contribution in [0.25, 0.3) is 22.3 Å². The molecule has 8 bridgehead atoms. The maximum atomic E-state index is 15.5. The summed E-state index contributed by atoms with van der Waals surface area (Å²) in [6.07, 6.45) is 12.0. The van der Waals surface area contributed by atoms with Crippen molar-refractivity contribution in [2.75, 3.05) is 0 Å². The van der Waals surface area contributed by atoms with Crippen molar-refractivity contribution in [3.8, 4) is 0 Å². The summed E-state index contributed by atoms with van der Waals surface area (Å²) in [5.74, 6) is 0. The van der Waals surface area contributed by atoms with E-state index < -0.39 is 0 Å². The summed E-state index contributed by atoms with van der Waals surface area (Å²) in [6.45, 7) is 16.9. The molecule has 5 nitrogen and oxygen atoms in total. The first kappa shape index (κ1) is 36.8. The van der Waals surface area contributed by atoms with Gasteiger partial charge in [0, 0.05) is 56.5 Å². The fourth-order valence-corrected chi connectivity index (χ4v) is 9.10. The molecule has 0 atom stereocenters. The molecular formula is C53H46N4O. The van der Waals surface area contributed by atoms with Crippen molar-refractivity contribution in [3.63, 3.8) is 0 Å². The van der Waals surface area contributed by atoms with E-state index in [9.17, 15) is 0 Å². The maximum Gasteiger partial charge on any atom is 0.197 e. The molecule has 0 aliphatic carbocycles. The number of aryl methyl sites for hydroxylation is 8. The van der Waals surface area contributed by atoms with Crippen molar-refractivity contribution in [1.82, 2.24) is 9.97 Å². The van der Waals surface area contributed by atoms with Crippen molar-refractivity contribution < 1.29 is 0 Å². The van der Waals surface area contributed by atoms with Gasteiger partial charge < -0.3 is 9.97 Å². The maximum absolute atomic E-state index is 15.5. The third-order valence-corrected chi connectivity index (χ3v) is 11.5. The fraction of sp³-hybridized carbons (Fsp3) is 0.151. The summed E-state index contributed by atoms with van der Waals surface area (Å²) in [6, 6.07) is 30.3. The van der Waals surface area contributed by atoms with E-state index in [-0.39, 0.29) is 5.43 Å².